The summed E-state index contributed by atoms with van der Waals surface area (Å²) in [7, 11) is 1.32. The van der Waals surface area contributed by atoms with Crippen LogP contribution in [0.25, 0.3) is 0 Å². The number of urea groups is 1. The summed E-state index contributed by atoms with van der Waals surface area (Å²) in [4.78, 5) is 56.0. The molecule has 42 heavy (non-hydrogen) atoms. The van der Waals surface area contributed by atoms with Crippen LogP contribution in [-0.2, 0) is 14.4 Å². The first-order valence-corrected chi connectivity index (χ1v) is 15.2. The molecule has 0 aromatic heterocycles. The van der Waals surface area contributed by atoms with Gasteiger partial charge in [0.15, 0.2) is 0 Å². The van der Waals surface area contributed by atoms with E-state index in [0.29, 0.717) is 19.4 Å². The first kappa shape index (κ1) is 30.5. The standard InChI is InChI=1S/C30H44F2N6O4/c1-27(2,3)22(35-26(42)37(6)19-8-7-9-30(19,31)32)25(41)38-15-18-20(28(18,4)5)21(38)24(40)34-17(14-33)12-16-13-29(10-11-29)36-23(16)39/h16-22H,7-13,15H2,1-6H3,(H,34,40)(H,35,42)(H,36,39). The number of nitrogens with zero attached hydrogens (tertiary/aromatic N) is 3. The van der Waals surface area contributed by atoms with Crippen LogP contribution in [0.1, 0.15) is 79.6 Å². The zero-order valence-electron chi connectivity index (χ0n) is 25.4. The van der Waals surface area contributed by atoms with Gasteiger partial charge in [0.25, 0.3) is 5.92 Å². The molecule has 3 saturated carbocycles. The largest absolute Gasteiger partial charge is 0.350 e. The van der Waals surface area contributed by atoms with Crippen molar-refractivity contribution in [2.24, 2.45) is 28.6 Å². The highest BCUT2D eigenvalue weighted by Crippen LogP contribution is 2.65. The number of alkyl halides is 2. The molecule has 232 valence electrons. The number of nitriles is 1. The fourth-order valence-electron chi connectivity index (χ4n) is 7.72. The third-order valence-corrected chi connectivity index (χ3v) is 10.6. The summed E-state index contributed by atoms with van der Waals surface area (Å²) in [5, 5.41) is 18.4. The molecule has 3 aliphatic carbocycles. The van der Waals surface area contributed by atoms with Crippen LogP contribution < -0.4 is 16.0 Å². The molecule has 2 saturated heterocycles. The summed E-state index contributed by atoms with van der Waals surface area (Å²) in [6, 6.07) is -2.68. The first-order chi connectivity index (χ1) is 19.4. The van der Waals surface area contributed by atoms with Crippen molar-refractivity contribution in [3.05, 3.63) is 0 Å². The van der Waals surface area contributed by atoms with Crippen LogP contribution in [0.3, 0.4) is 0 Å². The first-order valence-electron chi connectivity index (χ1n) is 15.2. The highest BCUT2D eigenvalue weighted by molar-refractivity contribution is 5.94. The Labute approximate surface area is 246 Å². The maximum atomic E-state index is 14.4. The minimum atomic E-state index is -2.99. The van der Waals surface area contributed by atoms with Crippen molar-refractivity contribution in [2.75, 3.05) is 13.6 Å². The summed E-state index contributed by atoms with van der Waals surface area (Å²) in [6.45, 7) is 9.74. The maximum absolute atomic E-state index is 14.4. The molecular formula is C30H44F2N6O4. The molecule has 5 aliphatic rings. The third kappa shape index (κ3) is 5.32. The molecule has 5 rings (SSSR count). The van der Waals surface area contributed by atoms with Gasteiger partial charge in [-0.2, -0.15) is 5.26 Å². The lowest BCUT2D eigenvalue weighted by molar-refractivity contribution is -0.144. The lowest BCUT2D eigenvalue weighted by atomic mass is 9.85. The highest BCUT2D eigenvalue weighted by Gasteiger charge is 2.70. The molecular weight excluding hydrogens is 546 g/mol. The van der Waals surface area contributed by atoms with Crippen LogP contribution in [0.4, 0.5) is 13.6 Å². The Bertz CT molecular complexity index is 1210. The molecule has 2 aliphatic heterocycles. The van der Waals surface area contributed by atoms with E-state index >= 15 is 0 Å². The van der Waals surface area contributed by atoms with Crippen molar-refractivity contribution in [2.45, 2.75) is 115 Å². The molecule has 0 radical (unpaired) electrons. The van der Waals surface area contributed by atoms with E-state index in [1.165, 1.54) is 11.9 Å². The molecule has 12 heteroatoms. The average molecular weight is 591 g/mol. The van der Waals surface area contributed by atoms with Gasteiger partial charge in [0.2, 0.25) is 17.7 Å². The van der Waals surface area contributed by atoms with E-state index < -0.39 is 53.4 Å². The summed E-state index contributed by atoms with van der Waals surface area (Å²) < 4.78 is 28.8. The van der Waals surface area contributed by atoms with Gasteiger partial charge in [-0.05, 0) is 61.2 Å². The molecule has 2 heterocycles. The Morgan fingerprint density at radius 2 is 1.86 bits per heavy atom. The van der Waals surface area contributed by atoms with Gasteiger partial charge in [-0.15, -0.1) is 0 Å². The predicted octanol–water partition coefficient (Wildman–Crippen LogP) is 2.78. The summed E-state index contributed by atoms with van der Waals surface area (Å²) in [5.41, 5.74) is -1.10. The molecule has 0 aromatic carbocycles. The number of carbonyl (C=O) groups is 4. The van der Waals surface area contributed by atoms with Gasteiger partial charge in [-0.25, -0.2) is 13.6 Å². The van der Waals surface area contributed by atoms with Crippen molar-refractivity contribution in [3.63, 3.8) is 0 Å². The summed E-state index contributed by atoms with van der Waals surface area (Å²) >= 11 is 0. The van der Waals surface area contributed by atoms with E-state index in [9.17, 15) is 33.2 Å². The fraction of sp³-hybridized carbons (Fsp3) is 0.833. The van der Waals surface area contributed by atoms with E-state index in [1.54, 1.807) is 20.8 Å². The molecule has 1 spiro atoms. The van der Waals surface area contributed by atoms with Gasteiger partial charge < -0.3 is 25.8 Å². The summed E-state index contributed by atoms with van der Waals surface area (Å²) in [6.07, 6.45) is 2.93. The average Bonchev–Trinajstić information content (AvgIpc) is 3.50. The number of nitrogens with one attached hydrogen (secondary N) is 3. The number of likely N-dealkylation sites (tertiary alicyclic amines) is 1. The number of hydrogen-bond donors (Lipinski definition) is 3. The van der Waals surface area contributed by atoms with Crippen LogP contribution in [0.15, 0.2) is 0 Å². The van der Waals surface area contributed by atoms with Gasteiger partial charge in [0, 0.05) is 31.5 Å². The Balaban J connectivity index is 1.30. The second-order valence-electron chi connectivity index (χ2n) is 15.0. The molecule has 5 amide bonds. The summed E-state index contributed by atoms with van der Waals surface area (Å²) in [5.74, 6) is -4.39. The topological polar surface area (TPSA) is 135 Å². The van der Waals surface area contributed by atoms with Gasteiger partial charge in [0.1, 0.15) is 18.1 Å². The molecule has 10 nitrogen and oxygen atoms in total. The van der Waals surface area contributed by atoms with Gasteiger partial charge >= 0.3 is 6.03 Å². The fourth-order valence-corrected chi connectivity index (χ4v) is 7.72. The second-order valence-corrected chi connectivity index (χ2v) is 15.0. The van der Waals surface area contributed by atoms with Crippen molar-refractivity contribution >= 4 is 23.8 Å². The molecule has 5 fully saturated rings. The SMILES string of the molecule is CN(C(=O)NC(C(=O)N1CC2C(C1C(=O)NC(C#N)CC1CC3(CC3)NC1=O)C2(C)C)C(C)(C)C)C1CCCC1(F)F. The van der Waals surface area contributed by atoms with Gasteiger partial charge in [-0.3, -0.25) is 14.4 Å². The molecule has 0 aromatic rings. The van der Waals surface area contributed by atoms with Crippen molar-refractivity contribution in [1.29, 1.82) is 5.26 Å². The van der Waals surface area contributed by atoms with E-state index in [0.717, 1.165) is 17.7 Å². The normalized spacial score (nSPS) is 32.8. The number of carbonyl (C=O) groups excluding carboxylic acids is 4. The molecule has 0 bridgehead atoms. The lowest BCUT2D eigenvalue weighted by Crippen LogP contribution is -2.62. The molecule has 3 N–H and O–H groups in total. The zero-order valence-corrected chi connectivity index (χ0v) is 25.4. The Morgan fingerprint density at radius 1 is 1.19 bits per heavy atom. The van der Waals surface area contributed by atoms with E-state index in [4.69, 9.17) is 0 Å². The predicted molar refractivity (Wildman–Crippen MR) is 149 cm³/mol. The number of hydrogen-bond acceptors (Lipinski definition) is 5. The van der Waals surface area contributed by atoms with Crippen molar-refractivity contribution in [1.82, 2.24) is 25.8 Å². The minimum Gasteiger partial charge on any atom is -0.350 e. The van der Waals surface area contributed by atoms with Crippen LogP contribution in [0, 0.1) is 39.9 Å². The smallest absolute Gasteiger partial charge is 0.318 e. The highest BCUT2D eigenvalue weighted by atomic mass is 19.3. The van der Waals surface area contributed by atoms with Crippen LogP contribution in [0.2, 0.25) is 0 Å². The Morgan fingerprint density at radius 3 is 2.38 bits per heavy atom. The van der Waals surface area contributed by atoms with Crippen LogP contribution in [0.5, 0.6) is 0 Å². The van der Waals surface area contributed by atoms with E-state index in [2.05, 4.69) is 22.0 Å². The van der Waals surface area contributed by atoms with E-state index in [1.807, 2.05) is 13.8 Å². The lowest BCUT2D eigenvalue weighted by Gasteiger charge is -2.39. The second kappa shape index (κ2) is 10.1. The van der Waals surface area contributed by atoms with Crippen LogP contribution in [-0.4, -0.2) is 82.8 Å². The number of amides is 5. The van der Waals surface area contributed by atoms with Crippen molar-refractivity contribution in [3.8, 4) is 6.07 Å². The zero-order chi connectivity index (χ0) is 31.0. The van der Waals surface area contributed by atoms with E-state index in [-0.39, 0.29) is 53.9 Å². The number of rotatable bonds is 7. The number of fused-ring (bicyclic) bond motifs is 1. The maximum Gasteiger partial charge on any atom is 0.318 e. The third-order valence-electron chi connectivity index (χ3n) is 10.6. The Hall–Kier alpha value is -2.97. The quantitative estimate of drug-likeness (QED) is 0.419. The van der Waals surface area contributed by atoms with Gasteiger partial charge in [-0.1, -0.05) is 34.6 Å². The van der Waals surface area contributed by atoms with Crippen LogP contribution >= 0.6 is 0 Å². The van der Waals surface area contributed by atoms with Gasteiger partial charge in [0.05, 0.1) is 12.1 Å². The van der Waals surface area contributed by atoms with Crippen molar-refractivity contribution < 1.29 is 28.0 Å². The number of halogens is 2. The minimum absolute atomic E-state index is 0.0734. The number of piperidine rings is 1. The molecule has 7 atom stereocenters. The monoisotopic (exact) mass is 590 g/mol. The molecule has 7 unspecified atom stereocenters. The Kier molecular flexibility index (Phi) is 7.30.